The third-order valence-corrected chi connectivity index (χ3v) is 5.02. The number of hydrogen-bond acceptors (Lipinski definition) is 5. The first-order chi connectivity index (χ1) is 13.7. The maximum Gasteiger partial charge on any atom is 0.274 e. The highest BCUT2D eigenvalue weighted by molar-refractivity contribution is 5.77. The summed E-state index contributed by atoms with van der Waals surface area (Å²) in [5, 5.41) is 0. The molecule has 0 unspecified atom stereocenters. The van der Waals surface area contributed by atoms with Crippen LogP contribution in [-0.4, -0.2) is 58.3 Å². The molecule has 0 bridgehead atoms. The van der Waals surface area contributed by atoms with E-state index < -0.39 is 0 Å². The number of nitrogens with one attached hydrogen (secondary N) is 1. The molecule has 1 N–H and O–H groups in total. The molecular formula is C21H28N3O4+. The molecule has 1 aliphatic heterocycles. The van der Waals surface area contributed by atoms with Gasteiger partial charge in [0.15, 0.2) is 11.5 Å². The Kier molecular flexibility index (Phi) is 6.57. The van der Waals surface area contributed by atoms with E-state index in [0.717, 1.165) is 37.6 Å². The number of ether oxygens (including phenoxy) is 3. The van der Waals surface area contributed by atoms with Gasteiger partial charge in [0.25, 0.3) is 5.82 Å². The zero-order chi connectivity index (χ0) is 19.9. The van der Waals surface area contributed by atoms with E-state index in [9.17, 15) is 4.79 Å². The van der Waals surface area contributed by atoms with Gasteiger partial charge in [-0.2, -0.15) is 0 Å². The van der Waals surface area contributed by atoms with Crippen molar-refractivity contribution in [2.45, 2.75) is 12.8 Å². The Morgan fingerprint density at radius 2 is 1.68 bits per heavy atom. The Morgan fingerprint density at radius 3 is 2.21 bits per heavy atom. The van der Waals surface area contributed by atoms with E-state index in [0.29, 0.717) is 30.1 Å². The van der Waals surface area contributed by atoms with Gasteiger partial charge in [0, 0.05) is 12.5 Å². The summed E-state index contributed by atoms with van der Waals surface area (Å²) in [7, 11) is 4.77. The number of carbonyl (C=O) groups excluding carboxylic acids is 1. The number of aryl methyl sites for hydroxylation is 1. The van der Waals surface area contributed by atoms with Crippen molar-refractivity contribution in [1.82, 2.24) is 4.90 Å². The highest BCUT2D eigenvalue weighted by atomic mass is 16.5. The Balaban J connectivity index is 1.56. The highest BCUT2D eigenvalue weighted by Gasteiger charge is 2.26. The Bertz CT molecular complexity index is 764. The highest BCUT2D eigenvalue weighted by Crippen LogP contribution is 2.38. The summed E-state index contributed by atoms with van der Waals surface area (Å²) in [4.78, 5) is 20.1. The molecular weight excluding hydrogens is 358 g/mol. The first-order valence-corrected chi connectivity index (χ1v) is 9.44. The van der Waals surface area contributed by atoms with Crippen molar-refractivity contribution in [3.63, 3.8) is 0 Å². The van der Waals surface area contributed by atoms with Gasteiger partial charge in [-0.25, -0.2) is 4.98 Å². The number of H-pyrrole nitrogens is 1. The molecule has 1 aromatic heterocycles. The van der Waals surface area contributed by atoms with Crippen molar-refractivity contribution < 1.29 is 24.0 Å². The quantitative estimate of drug-likeness (QED) is 0.726. The van der Waals surface area contributed by atoms with E-state index in [2.05, 4.69) is 16.0 Å². The standard InChI is InChI=1S/C21H27N3O4/c1-26-17-14-16(15-18(27-2)21(17)28-3)7-8-20(25)24-12-10-23(11-13-24)19-6-4-5-9-22-19/h4-6,9,14-15H,7-8,10-13H2,1-3H3/p+1. The summed E-state index contributed by atoms with van der Waals surface area (Å²) in [5.74, 6) is 3.04. The number of anilines is 1. The van der Waals surface area contributed by atoms with Gasteiger partial charge in [-0.05, 0) is 30.2 Å². The molecule has 3 rings (SSSR count). The van der Waals surface area contributed by atoms with E-state index >= 15 is 0 Å². The fraction of sp³-hybridized carbons (Fsp3) is 0.429. The molecule has 150 valence electrons. The molecule has 2 heterocycles. The van der Waals surface area contributed by atoms with Crippen LogP contribution in [0.4, 0.5) is 5.82 Å². The lowest BCUT2D eigenvalue weighted by Crippen LogP contribution is -2.50. The molecule has 0 aliphatic carbocycles. The van der Waals surface area contributed by atoms with Crippen molar-refractivity contribution >= 4 is 11.7 Å². The lowest BCUT2D eigenvalue weighted by Gasteiger charge is -2.31. The third-order valence-electron chi connectivity index (χ3n) is 5.02. The predicted molar refractivity (Wildman–Crippen MR) is 106 cm³/mol. The predicted octanol–water partition coefficient (Wildman–Crippen LogP) is 1.81. The van der Waals surface area contributed by atoms with Gasteiger partial charge in [-0.15, -0.1) is 0 Å². The van der Waals surface area contributed by atoms with Gasteiger partial charge < -0.3 is 19.1 Å². The molecule has 0 spiro atoms. The molecule has 1 saturated heterocycles. The largest absolute Gasteiger partial charge is 0.493 e. The minimum absolute atomic E-state index is 0.172. The van der Waals surface area contributed by atoms with Gasteiger partial charge in [0.2, 0.25) is 11.7 Å². The van der Waals surface area contributed by atoms with E-state index in [-0.39, 0.29) is 5.91 Å². The molecule has 2 aromatic rings. The normalized spacial score (nSPS) is 14.0. The molecule has 0 saturated carbocycles. The lowest BCUT2D eigenvalue weighted by atomic mass is 10.1. The van der Waals surface area contributed by atoms with Crippen molar-refractivity contribution in [1.29, 1.82) is 0 Å². The van der Waals surface area contributed by atoms with Gasteiger partial charge in [-0.1, -0.05) is 6.07 Å². The average Bonchev–Trinajstić information content (AvgIpc) is 2.77. The second-order valence-electron chi connectivity index (χ2n) is 6.65. The number of carbonyl (C=O) groups is 1. The lowest BCUT2D eigenvalue weighted by molar-refractivity contribution is -0.364. The average molecular weight is 386 g/mol. The molecule has 28 heavy (non-hydrogen) atoms. The summed E-state index contributed by atoms with van der Waals surface area (Å²) >= 11 is 0. The van der Waals surface area contributed by atoms with Crippen LogP contribution in [-0.2, 0) is 11.2 Å². The van der Waals surface area contributed by atoms with Gasteiger partial charge >= 0.3 is 0 Å². The SMILES string of the molecule is COc1cc(CCC(=O)N2CCN(c3cccc[nH+]3)CC2)cc(OC)c1OC. The molecule has 7 nitrogen and oxygen atoms in total. The van der Waals surface area contributed by atoms with Crippen molar-refractivity contribution in [3.05, 3.63) is 42.1 Å². The van der Waals surface area contributed by atoms with Gasteiger partial charge in [-0.3, -0.25) is 9.69 Å². The Hall–Kier alpha value is -2.96. The molecule has 7 heteroatoms. The smallest absolute Gasteiger partial charge is 0.274 e. The van der Waals surface area contributed by atoms with Crippen LogP contribution < -0.4 is 24.1 Å². The second kappa shape index (κ2) is 9.30. The molecule has 1 aliphatic rings. The molecule has 1 fully saturated rings. The second-order valence-corrected chi connectivity index (χ2v) is 6.65. The summed E-state index contributed by atoms with van der Waals surface area (Å²) in [6, 6.07) is 9.84. The Labute approximate surface area is 165 Å². The number of aromatic nitrogens is 1. The minimum Gasteiger partial charge on any atom is -0.493 e. The van der Waals surface area contributed by atoms with E-state index in [4.69, 9.17) is 14.2 Å². The van der Waals surface area contributed by atoms with Crippen LogP contribution in [0.2, 0.25) is 0 Å². The number of amides is 1. The molecule has 0 atom stereocenters. The molecule has 0 radical (unpaired) electrons. The van der Waals surface area contributed by atoms with Crippen molar-refractivity contribution in [2.24, 2.45) is 0 Å². The zero-order valence-electron chi connectivity index (χ0n) is 16.7. The maximum absolute atomic E-state index is 12.7. The summed E-state index contributed by atoms with van der Waals surface area (Å²) < 4.78 is 16.1. The zero-order valence-corrected chi connectivity index (χ0v) is 16.7. The molecule has 1 amide bonds. The number of benzene rings is 1. The monoisotopic (exact) mass is 386 g/mol. The minimum atomic E-state index is 0.172. The summed E-state index contributed by atoms with van der Waals surface area (Å²) in [5.41, 5.74) is 0.986. The van der Waals surface area contributed by atoms with Crippen LogP contribution in [0, 0.1) is 0 Å². The number of rotatable bonds is 7. The number of methoxy groups -OCH3 is 3. The number of pyridine rings is 1. The van der Waals surface area contributed by atoms with Crippen molar-refractivity contribution in [2.75, 3.05) is 52.4 Å². The first kappa shape index (κ1) is 19.8. The van der Waals surface area contributed by atoms with Crippen LogP contribution in [0.5, 0.6) is 17.2 Å². The van der Waals surface area contributed by atoms with Crippen LogP contribution in [0.3, 0.4) is 0 Å². The van der Waals surface area contributed by atoms with Crippen LogP contribution in [0.1, 0.15) is 12.0 Å². The van der Waals surface area contributed by atoms with Crippen LogP contribution >= 0.6 is 0 Å². The van der Waals surface area contributed by atoms with Gasteiger partial charge in [0.1, 0.15) is 13.1 Å². The third kappa shape index (κ3) is 4.47. The number of nitrogens with zero attached hydrogens (tertiary/aromatic N) is 2. The molecule has 1 aromatic carbocycles. The first-order valence-electron chi connectivity index (χ1n) is 9.44. The number of piperazine rings is 1. The van der Waals surface area contributed by atoms with Crippen LogP contribution in [0.15, 0.2) is 36.5 Å². The van der Waals surface area contributed by atoms with E-state index in [1.165, 1.54) is 0 Å². The summed E-state index contributed by atoms with van der Waals surface area (Å²) in [6.07, 6.45) is 3.00. The number of aromatic amines is 1. The Morgan fingerprint density at radius 1 is 1.00 bits per heavy atom. The van der Waals surface area contributed by atoms with Crippen LogP contribution in [0.25, 0.3) is 0 Å². The topological polar surface area (TPSA) is 65.4 Å². The summed E-state index contributed by atoms with van der Waals surface area (Å²) in [6.45, 7) is 3.13. The maximum atomic E-state index is 12.7. The number of hydrogen-bond donors (Lipinski definition) is 0. The van der Waals surface area contributed by atoms with Crippen molar-refractivity contribution in [3.8, 4) is 17.2 Å². The van der Waals surface area contributed by atoms with E-state index in [1.807, 2.05) is 35.4 Å². The van der Waals surface area contributed by atoms with Gasteiger partial charge in [0.05, 0.1) is 40.6 Å². The fourth-order valence-electron chi connectivity index (χ4n) is 3.47. The fourth-order valence-corrected chi connectivity index (χ4v) is 3.47. The van der Waals surface area contributed by atoms with E-state index in [1.54, 1.807) is 21.3 Å².